The predicted octanol–water partition coefficient (Wildman–Crippen LogP) is 6.01. The molecule has 2 aliphatic heterocycles. The van der Waals surface area contributed by atoms with Crippen molar-refractivity contribution < 1.29 is 28.6 Å². The van der Waals surface area contributed by atoms with Gasteiger partial charge in [0.25, 0.3) is 5.91 Å². The third-order valence-electron chi connectivity index (χ3n) is 8.07. The molecule has 0 spiro atoms. The van der Waals surface area contributed by atoms with Crippen LogP contribution in [-0.2, 0) is 25.7 Å². The number of benzene rings is 2. The van der Waals surface area contributed by atoms with Crippen LogP contribution in [0.1, 0.15) is 78.4 Å². The van der Waals surface area contributed by atoms with E-state index in [9.17, 15) is 14.4 Å². The summed E-state index contributed by atoms with van der Waals surface area (Å²) in [4.78, 5) is 44.4. The Hall–Kier alpha value is -3.75. The van der Waals surface area contributed by atoms with Crippen molar-refractivity contribution in [1.82, 2.24) is 9.80 Å². The molecule has 2 aromatic rings. The summed E-state index contributed by atoms with van der Waals surface area (Å²) < 4.78 is 17.4. The Labute approximate surface area is 262 Å². The first-order valence-corrected chi connectivity index (χ1v) is 15.8. The molecule has 0 unspecified atom stereocenters. The van der Waals surface area contributed by atoms with Crippen LogP contribution in [0.2, 0.25) is 0 Å². The number of rotatable bonds is 8. The van der Waals surface area contributed by atoms with Crippen LogP contribution in [0.4, 0.5) is 10.5 Å². The molecule has 1 atom stereocenters. The predicted molar refractivity (Wildman–Crippen MR) is 171 cm³/mol. The molecule has 2 aromatic carbocycles. The summed E-state index contributed by atoms with van der Waals surface area (Å²) in [5.41, 5.74) is 1.53. The summed E-state index contributed by atoms with van der Waals surface area (Å²) in [7, 11) is 0. The highest BCUT2D eigenvalue weighted by Crippen LogP contribution is 2.29. The molecule has 0 radical (unpaired) electrons. The van der Waals surface area contributed by atoms with Gasteiger partial charge in [0.15, 0.2) is 5.60 Å². The number of piperazine rings is 1. The molecule has 2 fully saturated rings. The zero-order chi connectivity index (χ0) is 32.1. The molecule has 9 nitrogen and oxygen atoms in total. The third kappa shape index (κ3) is 8.89. The number of carbonyl (C=O) groups excluding carboxylic acids is 3. The highest BCUT2D eigenvalue weighted by atomic mass is 16.6. The number of hydrogen-bond acceptors (Lipinski definition) is 7. The van der Waals surface area contributed by atoms with Gasteiger partial charge in [0.05, 0.1) is 5.92 Å². The van der Waals surface area contributed by atoms with Crippen LogP contribution in [-0.4, -0.2) is 78.2 Å². The molecule has 2 aliphatic rings. The fourth-order valence-corrected chi connectivity index (χ4v) is 5.56. The van der Waals surface area contributed by atoms with Crippen molar-refractivity contribution in [3.63, 3.8) is 0 Å². The van der Waals surface area contributed by atoms with Crippen molar-refractivity contribution >= 4 is 23.7 Å². The van der Waals surface area contributed by atoms with E-state index in [0.29, 0.717) is 44.4 Å². The van der Waals surface area contributed by atoms with Crippen molar-refractivity contribution in [2.24, 2.45) is 5.92 Å². The van der Waals surface area contributed by atoms with Crippen LogP contribution in [0.25, 0.3) is 0 Å². The van der Waals surface area contributed by atoms with Gasteiger partial charge in [-0.3, -0.25) is 9.59 Å². The van der Waals surface area contributed by atoms with Crippen LogP contribution >= 0.6 is 0 Å². The van der Waals surface area contributed by atoms with Gasteiger partial charge in [0.1, 0.15) is 18.0 Å². The average Bonchev–Trinajstić information content (AvgIpc) is 2.99. The van der Waals surface area contributed by atoms with E-state index in [1.165, 1.54) is 5.56 Å². The topological polar surface area (TPSA) is 88.6 Å². The van der Waals surface area contributed by atoms with Gasteiger partial charge >= 0.3 is 12.1 Å². The summed E-state index contributed by atoms with van der Waals surface area (Å²) in [5.74, 6) is 0.534. The molecule has 2 amide bonds. The van der Waals surface area contributed by atoms with Gasteiger partial charge in [0, 0.05) is 51.0 Å². The van der Waals surface area contributed by atoms with E-state index in [4.69, 9.17) is 14.2 Å². The molecule has 0 aliphatic carbocycles. The van der Waals surface area contributed by atoms with Crippen LogP contribution < -0.4 is 9.64 Å². The smallest absolute Gasteiger partial charge is 0.410 e. The van der Waals surface area contributed by atoms with Crippen molar-refractivity contribution in [3.05, 3.63) is 59.7 Å². The molecule has 4 rings (SSSR count). The van der Waals surface area contributed by atoms with Crippen molar-refractivity contribution in [2.45, 2.75) is 85.0 Å². The second-order valence-corrected chi connectivity index (χ2v) is 13.7. The van der Waals surface area contributed by atoms with E-state index in [2.05, 4.69) is 30.9 Å². The summed E-state index contributed by atoms with van der Waals surface area (Å²) in [6, 6.07) is 15.9. The molecule has 2 saturated heterocycles. The van der Waals surface area contributed by atoms with Crippen molar-refractivity contribution in [3.8, 4) is 5.75 Å². The molecule has 2 heterocycles. The zero-order valence-electron chi connectivity index (χ0n) is 27.4. The number of carbonyl (C=O) groups is 3. The van der Waals surface area contributed by atoms with Gasteiger partial charge in [-0.1, -0.05) is 44.2 Å². The lowest BCUT2D eigenvalue weighted by Crippen LogP contribution is -2.57. The molecule has 0 N–H and O–H groups in total. The Morgan fingerprint density at radius 1 is 0.886 bits per heavy atom. The Kier molecular flexibility index (Phi) is 10.5. The molecule has 9 heteroatoms. The number of esters is 1. The van der Waals surface area contributed by atoms with E-state index in [-0.39, 0.29) is 30.5 Å². The normalized spacial score (nSPS) is 17.8. The number of hydrogen-bond donors (Lipinski definition) is 0. The van der Waals surface area contributed by atoms with E-state index >= 15 is 0 Å². The zero-order valence-corrected chi connectivity index (χ0v) is 27.4. The minimum atomic E-state index is -1.10. The minimum Gasteiger partial charge on any atom is -0.478 e. The standard InChI is InChI=1S/C35H49N3O6/c1-25(2)27-15-13-26(14-16-27)24-42-31(39)28-10-9-17-38(23-28)29-11-8-12-30(22-29)43-35(6,7)32(40)36-18-20-37(21-19-36)33(41)44-34(3,4)5/h8,11-16,22,25,28H,9-10,17-21,23-24H2,1-7H3/t28-/m0/s1. The van der Waals surface area contributed by atoms with Crippen molar-refractivity contribution in [2.75, 3.05) is 44.2 Å². The maximum absolute atomic E-state index is 13.4. The Morgan fingerprint density at radius 2 is 1.55 bits per heavy atom. The van der Waals surface area contributed by atoms with Crippen molar-refractivity contribution in [1.29, 1.82) is 0 Å². The lowest BCUT2D eigenvalue weighted by atomic mass is 9.97. The van der Waals surface area contributed by atoms with Gasteiger partial charge in [-0.2, -0.15) is 0 Å². The largest absolute Gasteiger partial charge is 0.478 e. The van der Waals surface area contributed by atoms with Crippen LogP contribution in [0.15, 0.2) is 48.5 Å². The third-order valence-corrected chi connectivity index (χ3v) is 8.07. The molecular formula is C35H49N3O6. The van der Waals surface area contributed by atoms with Gasteiger partial charge < -0.3 is 28.9 Å². The first kappa shape index (κ1) is 33.1. The van der Waals surface area contributed by atoms with Gasteiger partial charge in [-0.15, -0.1) is 0 Å². The number of nitrogens with zero attached hydrogens (tertiary/aromatic N) is 3. The number of amides is 2. The number of ether oxygens (including phenoxy) is 3. The van der Waals surface area contributed by atoms with Crippen LogP contribution in [0.5, 0.6) is 5.75 Å². The summed E-state index contributed by atoms with van der Waals surface area (Å²) >= 11 is 0. The quantitative estimate of drug-likeness (QED) is 0.340. The SMILES string of the molecule is CC(C)c1ccc(COC(=O)[C@H]2CCCN(c3cccc(OC(C)(C)C(=O)N4CCN(C(=O)OC(C)(C)C)CC4)c3)C2)cc1. The first-order chi connectivity index (χ1) is 20.7. The van der Waals surface area contributed by atoms with Gasteiger partial charge in [-0.25, -0.2) is 4.79 Å². The van der Waals surface area contributed by atoms with Crippen LogP contribution in [0.3, 0.4) is 0 Å². The van der Waals surface area contributed by atoms with E-state index in [1.54, 1.807) is 23.6 Å². The molecular weight excluding hydrogens is 558 g/mol. The molecule has 0 aromatic heterocycles. The Morgan fingerprint density at radius 3 is 2.18 bits per heavy atom. The second-order valence-electron chi connectivity index (χ2n) is 13.7. The Balaban J connectivity index is 1.30. The fourth-order valence-electron chi connectivity index (χ4n) is 5.56. The summed E-state index contributed by atoms with van der Waals surface area (Å²) in [6.45, 7) is 16.7. The van der Waals surface area contributed by atoms with E-state index in [1.807, 2.05) is 57.2 Å². The average molecular weight is 608 g/mol. The molecule has 240 valence electrons. The second kappa shape index (κ2) is 13.9. The van der Waals surface area contributed by atoms with Gasteiger partial charge in [0.2, 0.25) is 0 Å². The first-order valence-electron chi connectivity index (χ1n) is 15.8. The Bertz CT molecular complexity index is 1290. The summed E-state index contributed by atoms with van der Waals surface area (Å²) in [6.07, 6.45) is 1.31. The lowest BCUT2D eigenvalue weighted by Gasteiger charge is -2.39. The monoisotopic (exact) mass is 607 g/mol. The maximum Gasteiger partial charge on any atom is 0.410 e. The maximum atomic E-state index is 13.4. The number of anilines is 1. The highest BCUT2D eigenvalue weighted by molar-refractivity contribution is 5.85. The minimum absolute atomic E-state index is 0.133. The van der Waals surface area contributed by atoms with Crippen LogP contribution in [0, 0.1) is 5.92 Å². The summed E-state index contributed by atoms with van der Waals surface area (Å²) in [5, 5.41) is 0. The molecule has 0 bridgehead atoms. The van der Waals surface area contributed by atoms with Gasteiger partial charge in [-0.05, 0) is 76.6 Å². The lowest BCUT2D eigenvalue weighted by molar-refractivity contribution is -0.150. The number of piperidine rings is 1. The molecule has 44 heavy (non-hydrogen) atoms. The van der Waals surface area contributed by atoms with E-state index < -0.39 is 11.2 Å². The fraction of sp³-hybridized carbons (Fsp3) is 0.571. The van der Waals surface area contributed by atoms with E-state index in [0.717, 1.165) is 30.6 Å². The molecule has 0 saturated carbocycles. The highest BCUT2D eigenvalue weighted by Gasteiger charge is 2.37.